The van der Waals surface area contributed by atoms with Crippen molar-refractivity contribution < 1.29 is 40.7 Å². The van der Waals surface area contributed by atoms with E-state index in [9.17, 15) is 40.7 Å². The average molecular weight is 658 g/mol. The second-order valence-electron chi connectivity index (χ2n) is 8.90. The molecule has 15 heteroatoms. The Kier molecular flexibility index (Phi) is 8.84. The fourth-order valence-electron chi connectivity index (χ4n) is 4.12. The van der Waals surface area contributed by atoms with Crippen LogP contribution in [0.25, 0.3) is 0 Å². The second kappa shape index (κ2) is 11.7. The van der Waals surface area contributed by atoms with Crippen molar-refractivity contribution in [3.8, 4) is 0 Å². The zero-order chi connectivity index (χ0) is 30.4. The Morgan fingerprint density at radius 1 is 0.878 bits per heavy atom. The molecule has 4 rings (SSSR count). The van der Waals surface area contributed by atoms with Crippen molar-refractivity contribution in [1.29, 1.82) is 0 Å². The van der Waals surface area contributed by atoms with Gasteiger partial charge in [0.1, 0.15) is 21.8 Å². The van der Waals surface area contributed by atoms with Crippen molar-refractivity contribution in [2.75, 3.05) is 10.6 Å². The average Bonchev–Trinajstić information content (AvgIpc) is 3.48. The van der Waals surface area contributed by atoms with Gasteiger partial charge in [0.25, 0.3) is 12.3 Å². The lowest BCUT2D eigenvalue weighted by atomic mass is 10.1. The van der Waals surface area contributed by atoms with Gasteiger partial charge in [0.2, 0.25) is 11.7 Å². The molecule has 0 unspecified atom stereocenters. The summed E-state index contributed by atoms with van der Waals surface area (Å²) in [5.41, 5.74) is -2.25. The number of carbonyl (C=O) groups excluding carboxylic acids is 3. The van der Waals surface area contributed by atoms with Crippen LogP contribution >= 0.6 is 46.4 Å². The summed E-state index contributed by atoms with van der Waals surface area (Å²) in [4.78, 5) is 37.1. The number of carbonyl (C=O) groups is 3. The van der Waals surface area contributed by atoms with Crippen LogP contribution in [0.5, 0.6) is 0 Å². The molecular formula is C26H14Cl4F6N2O3. The number of halogens is 10. The van der Waals surface area contributed by atoms with Crippen LogP contribution in [-0.2, 0) is 16.0 Å². The molecule has 0 aromatic heterocycles. The quantitative estimate of drug-likeness (QED) is 0.193. The predicted molar refractivity (Wildman–Crippen MR) is 141 cm³/mol. The summed E-state index contributed by atoms with van der Waals surface area (Å²) in [6.07, 6.45) is -4.76. The number of hydrogen-bond donors (Lipinski definition) is 2. The van der Waals surface area contributed by atoms with Gasteiger partial charge in [0.15, 0.2) is 5.82 Å². The number of anilines is 2. The molecule has 3 aromatic carbocycles. The first-order valence-electron chi connectivity index (χ1n) is 11.3. The maximum absolute atomic E-state index is 14.8. The summed E-state index contributed by atoms with van der Waals surface area (Å²) in [5, 5.41) is 3.40. The van der Waals surface area contributed by atoms with E-state index in [1.54, 1.807) is 0 Å². The molecule has 3 aromatic rings. The number of hydrogen-bond acceptors (Lipinski definition) is 3. The minimum absolute atomic E-state index is 0.224. The Morgan fingerprint density at radius 2 is 1.54 bits per heavy atom. The molecule has 0 bridgehead atoms. The molecule has 2 atom stereocenters. The summed E-state index contributed by atoms with van der Waals surface area (Å²) in [6.45, 7) is 0. The molecule has 216 valence electrons. The minimum atomic E-state index is -3.48. The number of ketones is 1. The second-order valence-corrected chi connectivity index (χ2v) is 11.1. The van der Waals surface area contributed by atoms with E-state index >= 15 is 0 Å². The molecular weight excluding hydrogens is 644 g/mol. The lowest BCUT2D eigenvalue weighted by molar-refractivity contribution is -0.128. The van der Waals surface area contributed by atoms with Gasteiger partial charge in [-0.1, -0.05) is 29.3 Å². The van der Waals surface area contributed by atoms with Gasteiger partial charge < -0.3 is 10.6 Å². The Morgan fingerprint density at radius 3 is 2.17 bits per heavy atom. The number of amides is 2. The van der Waals surface area contributed by atoms with Gasteiger partial charge in [-0.15, -0.1) is 23.2 Å². The van der Waals surface area contributed by atoms with Crippen LogP contribution in [0.4, 0.5) is 37.7 Å². The van der Waals surface area contributed by atoms with Crippen molar-refractivity contribution in [3.63, 3.8) is 0 Å². The monoisotopic (exact) mass is 656 g/mol. The fraction of sp³-hybridized carbons (Fsp3) is 0.192. The van der Waals surface area contributed by atoms with Crippen LogP contribution in [0.1, 0.15) is 27.4 Å². The molecule has 5 nitrogen and oxygen atoms in total. The van der Waals surface area contributed by atoms with Crippen molar-refractivity contribution in [1.82, 2.24) is 0 Å². The normalized spacial score (nSPS) is 17.3. The van der Waals surface area contributed by atoms with E-state index in [-0.39, 0.29) is 10.7 Å². The van der Waals surface area contributed by atoms with Crippen LogP contribution in [0.3, 0.4) is 0 Å². The van der Waals surface area contributed by atoms with Crippen molar-refractivity contribution in [3.05, 3.63) is 92.5 Å². The lowest BCUT2D eigenvalue weighted by Crippen LogP contribution is -2.20. The molecule has 1 aliphatic rings. The third-order valence-electron chi connectivity index (χ3n) is 6.21. The topological polar surface area (TPSA) is 75.3 Å². The highest BCUT2D eigenvalue weighted by Gasteiger charge is 2.67. The van der Waals surface area contributed by atoms with E-state index in [0.717, 1.165) is 24.3 Å². The molecule has 2 N–H and O–H groups in total. The first-order chi connectivity index (χ1) is 19.1. The molecule has 0 saturated heterocycles. The molecule has 1 aliphatic carbocycles. The van der Waals surface area contributed by atoms with Crippen LogP contribution in [-0.4, -0.2) is 28.4 Å². The van der Waals surface area contributed by atoms with Gasteiger partial charge in [0, 0.05) is 23.6 Å². The molecule has 2 amide bonds. The van der Waals surface area contributed by atoms with Crippen molar-refractivity contribution in [2.45, 2.75) is 23.1 Å². The molecule has 1 fully saturated rings. The van der Waals surface area contributed by atoms with Crippen LogP contribution < -0.4 is 10.6 Å². The Labute approximate surface area is 247 Å². The Hall–Kier alpha value is -2.99. The van der Waals surface area contributed by atoms with E-state index < -0.39 is 91.7 Å². The van der Waals surface area contributed by atoms with Crippen molar-refractivity contribution >= 4 is 75.4 Å². The number of nitrogens with one attached hydrogen (secondary N) is 2. The Balaban J connectivity index is 1.55. The predicted octanol–water partition coefficient (Wildman–Crippen LogP) is 7.70. The number of benzene rings is 3. The molecule has 41 heavy (non-hydrogen) atoms. The van der Waals surface area contributed by atoms with Gasteiger partial charge >= 0.3 is 0 Å². The summed E-state index contributed by atoms with van der Waals surface area (Å²) in [5.74, 6) is -10.4. The third-order valence-corrected chi connectivity index (χ3v) is 7.82. The number of Topliss-reactive ketones (excluding diaryl/α,β-unsaturated/α-hetero) is 1. The smallest absolute Gasteiger partial charge is 0.296 e. The summed E-state index contributed by atoms with van der Waals surface area (Å²) >= 11 is 24.2. The van der Waals surface area contributed by atoms with Gasteiger partial charge in [0.05, 0.1) is 27.2 Å². The van der Waals surface area contributed by atoms with E-state index in [1.165, 1.54) is 12.1 Å². The van der Waals surface area contributed by atoms with Gasteiger partial charge in [-0.25, -0.2) is 26.3 Å². The lowest BCUT2D eigenvalue weighted by Gasteiger charge is -2.13. The van der Waals surface area contributed by atoms with Crippen LogP contribution in [0.15, 0.2) is 42.5 Å². The highest BCUT2D eigenvalue weighted by molar-refractivity contribution is 6.53. The van der Waals surface area contributed by atoms with Crippen LogP contribution in [0, 0.1) is 29.2 Å². The van der Waals surface area contributed by atoms with Crippen molar-refractivity contribution in [2.24, 2.45) is 5.92 Å². The van der Waals surface area contributed by atoms with Gasteiger partial charge in [-0.05, 0) is 42.0 Å². The number of alkyl halides is 4. The van der Waals surface area contributed by atoms with Gasteiger partial charge in [-0.3, -0.25) is 14.4 Å². The summed E-state index contributed by atoms with van der Waals surface area (Å²) < 4.78 is 80.4. The van der Waals surface area contributed by atoms with Gasteiger partial charge in [-0.2, -0.15) is 0 Å². The summed E-state index contributed by atoms with van der Waals surface area (Å²) in [6, 6.07) is 6.77. The van der Waals surface area contributed by atoms with E-state index in [2.05, 4.69) is 5.32 Å². The molecule has 0 heterocycles. The third kappa shape index (κ3) is 6.28. The van der Waals surface area contributed by atoms with E-state index in [1.807, 2.05) is 5.32 Å². The molecule has 0 aliphatic heterocycles. The van der Waals surface area contributed by atoms with E-state index in [0.29, 0.717) is 11.6 Å². The minimum Gasteiger partial charge on any atom is -0.326 e. The zero-order valence-corrected chi connectivity index (χ0v) is 23.0. The Bertz CT molecular complexity index is 1590. The molecule has 0 radical (unpaired) electrons. The summed E-state index contributed by atoms with van der Waals surface area (Å²) in [7, 11) is 0. The maximum atomic E-state index is 14.8. The first kappa shape index (κ1) is 31.0. The SMILES string of the molecule is O=C(Nc1ccc(F)c(CC(=O)C(F)F)c1F)c1cc(NC(=O)[C@H]2[C@H](c3ccc(F)c(Cl)c3)C2(Cl)Cl)cc(F)c1Cl. The van der Waals surface area contributed by atoms with Crippen LogP contribution in [0.2, 0.25) is 10.0 Å². The first-order valence-corrected chi connectivity index (χ1v) is 12.9. The fourth-order valence-corrected chi connectivity index (χ4v) is 5.33. The maximum Gasteiger partial charge on any atom is 0.296 e. The number of rotatable bonds is 8. The van der Waals surface area contributed by atoms with E-state index in [4.69, 9.17) is 46.4 Å². The molecule has 1 saturated carbocycles. The zero-order valence-electron chi connectivity index (χ0n) is 20.0. The molecule has 0 spiro atoms. The largest absolute Gasteiger partial charge is 0.326 e. The standard InChI is InChI=1S/C26H14Cl4F6N2O3/c27-13-5-9(1-2-15(13)32)19-20(26(19,29)30)25(41)37-10-6-12(21(28)16(33)7-10)24(40)38-17-4-3-14(31)11(22(17)34)8-18(39)23(35)36/h1-7,19-20,23H,8H2,(H,37,41)(H,38,40)/t19-,20+/m0/s1. The highest BCUT2D eigenvalue weighted by Crippen LogP contribution is 2.65. The highest BCUT2D eigenvalue weighted by atomic mass is 35.5.